The maximum absolute atomic E-state index is 13.6. The van der Waals surface area contributed by atoms with Crippen molar-refractivity contribution in [3.05, 3.63) is 105 Å². The monoisotopic (exact) mass is 486 g/mol. The van der Waals surface area contributed by atoms with Crippen LogP contribution in [0.4, 0.5) is 5.82 Å². The number of anilines is 1. The second-order valence-corrected chi connectivity index (χ2v) is 9.28. The Morgan fingerprint density at radius 1 is 0.943 bits per heavy atom. The Bertz CT molecular complexity index is 1400. The molecule has 0 saturated carbocycles. The van der Waals surface area contributed by atoms with Crippen LogP contribution in [0.1, 0.15) is 24.0 Å². The molecule has 1 saturated heterocycles. The van der Waals surface area contributed by atoms with Crippen LogP contribution in [0.3, 0.4) is 0 Å². The predicted molar refractivity (Wildman–Crippen MR) is 140 cm³/mol. The molecule has 1 aromatic heterocycles. The highest BCUT2D eigenvalue weighted by atomic mass is 35.5. The Balaban J connectivity index is 1.32. The lowest BCUT2D eigenvalue weighted by Gasteiger charge is -2.32. The molecule has 6 nitrogen and oxygen atoms in total. The minimum absolute atomic E-state index is 0.0255. The van der Waals surface area contributed by atoms with E-state index in [0.717, 1.165) is 22.2 Å². The standard InChI is InChI=1S/C28H27ClN4O2/c29-23-11-5-4-10-22(23)18-30-27(34)21-14-16-32(17-15-21)26-28(35)33(19-20-8-2-1-3-9-20)25-13-7-6-12-24(25)31-26/h1-13,21H,14-19H2,(H,30,34). The van der Waals surface area contributed by atoms with Crippen molar-refractivity contribution in [3.8, 4) is 0 Å². The zero-order valence-electron chi connectivity index (χ0n) is 19.4. The minimum atomic E-state index is -0.103. The highest BCUT2D eigenvalue weighted by molar-refractivity contribution is 6.31. The number of amides is 1. The van der Waals surface area contributed by atoms with Gasteiger partial charge in [-0.3, -0.25) is 14.2 Å². The quantitative estimate of drug-likeness (QED) is 0.431. The summed E-state index contributed by atoms with van der Waals surface area (Å²) in [7, 11) is 0. The van der Waals surface area contributed by atoms with Crippen LogP contribution in [0.5, 0.6) is 0 Å². The summed E-state index contributed by atoms with van der Waals surface area (Å²) in [4.78, 5) is 33.1. The number of nitrogens with one attached hydrogen (secondary N) is 1. The number of carbonyl (C=O) groups is 1. The predicted octanol–water partition coefficient (Wildman–Crippen LogP) is 4.63. The number of fused-ring (bicyclic) bond motifs is 1. The fourth-order valence-electron chi connectivity index (χ4n) is 4.63. The first-order valence-corrected chi connectivity index (χ1v) is 12.3. The van der Waals surface area contributed by atoms with Crippen molar-refractivity contribution in [2.45, 2.75) is 25.9 Å². The molecule has 4 aromatic rings. The Morgan fingerprint density at radius 3 is 2.40 bits per heavy atom. The van der Waals surface area contributed by atoms with E-state index in [-0.39, 0.29) is 17.4 Å². The summed E-state index contributed by atoms with van der Waals surface area (Å²) >= 11 is 6.20. The topological polar surface area (TPSA) is 67.2 Å². The van der Waals surface area contributed by atoms with E-state index in [9.17, 15) is 9.59 Å². The molecule has 1 aliphatic rings. The minimum Gasteiger partial charge on any atom is -0.352 e. The van der Waals surface area contributed by atoms with Crippen molar-refractivity contribution in [3.63, 3.8) is 0 Å². The maximum atomic E-state index is 13.6. The van der Waals surface area contributed by atoms with Crippen molar-refractivity contribution >= 4 is 34.4 Å². The number of rotatable bonds is 6. The van der Waals surface area contributed by atoms with Gasteiger partial charge < -0.3 is 10.2 Å². The van der Waals surface area contributed by atoms with Crippen LogP contribution in [0, 0.1) is 5.92 Å². The molecule has 2 heterocycles. The molecule has 0 aliphatic carbocycles. The first-order valence-electron chi connectivity index (χ1n) is 11.9. The molecule has 0 radical (unpaired) electrons. The molecule has 3 aromatic carbocycles. The van der Waals surface area contributed by atoms with Crippen molar-refractivity contribution in [2.24, 2.45) is 5.92 Å². The lowest BCUT2D eigenvalue weighted by Crippen LogP contribution is -2.43. The third-order valence-electron chi connectivity index (χ3n) is 6.60. The Hall–Kier alpha value is -3.64. The second-order valence-electron chi connectivity index (χ2n) is 8.87. The molecule has 0 unspecified atom stereocenters. The highest BCUT2D eigenvalue weighted by Crippen LogP contribution is 2.23. The SMILES string of the molecule is O=C(NCc1ccccc1Cl)C1CCN(c2nc3ccccc3n(Cc3ccccc3)c2=O)CC1. The van der Waals surface area contributed by atoms with E-state index in [4.69, 9.17) is 16.6 Å². The van der Waals surface area contributed by atoms with Gasteiger partial charge in [0.1, 0.15) is 0 Å². The third-order valence-corrected chi connectivity index (χ3v) is 6.96. The van der Waals surface area contributed by atoms with E-state index in [2.05, 4.69) is 5.32 Å². The molecule has 0 atom stereocenters. The van der Waals surface area contributed by atoms with Gasteiger partial charge in [0, 0.05) is 30.6 Å². The van der Waals surface area contributed by atoms with Crippen LogP contribution in [0.2, 0.25) is 5.02 Å². The van der Waals surface area contributed by atoms with Crippen molar-refractivity contribution in [1.29, 1.82) is 0 Å². The van der Waals surface area contributed by atoms with Gasteiger partial charge in [-0.05, 0) is 42.2 Å². The Morgan fingerprint density at radius 2 is 1.63 bits per heavy atom. The normalized spacial score (nSPS) is 14.3. The van der Waals surface area contributed by atoms with Crippen molar-refractivity contribution in [1.82, 2.24) is 14.9 Å². The zero-order chi connectivity index (χ0) is 24.2. The van der Waals surface area contributed by atoms with E-state index in [0.29, 0.717) is 49.9 Å². The molecule has 5 rings (SSSR count). The first-order chi connectivity index (χ1) is 17.1. The van der Waals surface area contributed by atoms with Gasteiger partial charge in [0.25, 0.3) is 5.56 Å². The lowest BCUT2D eigenvalue weighted by atomic mass is 9.96. The van der Waals surface area contributed by atoms with Gasteiger partial charge in [-0.1, -0.05) is 72.3 Å². The summed E-state index contributed by atoms with van der Waals surface area (Å²) in [6.07, 6.45) is 1.34. The summed E-state index contributed by atoms with van der Waals surface area (Å²) in [5.41, 5.74) is 3.47. The number of benzene rings is 3. The largest absolute Gasteiger partial charge is 0.352 e. The first kappa shape index (κ1) is 23.1. The van der Waals surface area contributed by atoms with E-state index >= 15 is 0 Å². The molecule has 1 fully saturated rings. The number of para-hydroxylation sites is 2. The van der Waals surface area contributed by atoms with Crippen molar-refractivity contribution in [2.75, 3.05) is 18.0 Å². The van der Waals surface area contributed by atoms with Gasteiger partial charge in [-0.2, -0.15) is 0 Å². The Labute approximate surface area is 209 Å². The zero-order valence-corrected chi connectivity index (χ0v) is 20.1. The van der Waals surface area contributed by atoms with Gasteiger partial charge in [-0.25, -0.2) is 4.98 Å². The summed E-state index contributed by atoms with van der Waals surface area (Å²) in [6, 6.07) is 25.2. The molecule has 7 heteroatoms. The fraction of sp³-hybridized carbons (Fsp3) is 0.250. The van der Waals surface area contributed by atoms with E-state index in [1.54, 1.807) is 4.57 Å². The maximum Gasteiger partial charge on any atom is 0.294 e. The van der Waals surface area contributed by atoms with Gasteiger partial charge in [0.05, 0.1) is 17.6 Å². The number of carbonyl (C=O) groups excluding carboxylic acids is 1. The molecule has 1 N–H and O–H groups in total. The van der Waals surface area contributed by atoms with E-state index in [1.807, 2.05) is 83.8 Å². The fourth-order valence-corrected chi connectivity index (χ4v) is 4.83. The molecule has 0 spiro atoms. The summed E-state index contributed by atoms with van der Waals surface area (Å²) in [5.74, 6) is 0.382. The molecule has 35 heavy (non-hydrogen) atoms. The van der Waals surface area contributed by atoms with Crippen LogP contribution < -0.4 is 15.8 Å². The van der Waals surface area contributed by atoms with Crippen LogP contribution in [0.15, 0.2) is 83.7 Å². The van der Waals surface area contributed by atoms with Gasteiger partial charge >= 0.3 is 0 Å². The number of piperidine rings is 1. The summed E-state index contributed by atoms with van der Waals surface area (Å²) < 4.78 is 1.80. The molecule has 0 bridgehead atoms. The second kappa shape index (κ2) is 10.3. The van der Waals surface area contributed by atoms with Gasteiger partial charge in [0.15, 0.2) is 5.82 Å². The third kappa shape index (κ3) is 5.08. The molecule has 1 amide bonds. The number of halogens is 1. The van der Waals surface area contributed by atoms with E-state index < -0.39 is 0 Å². The number of nitrogens with zero attached hydrogens (tertiary/aromatic N) is 3. The van der Waals surface area contributed by atoms with Crippen LogP contribution in [-0.2, 0) is 17.9 Å². The number of hydrogen-bond donors (Lipinski definition) is 1. The van der Waals surface area contributed by atoms with E-state index in [1.165, 1.54) is 0 Å². The van der Waals surface area contributed by atoms with Gasteiger partial charge in [0.2, 0.25) is 5.91 Å². The summed E-state index contributed by atoms with van der Waals surface area (Å²) in [6.45, 7) is 2.11. The van der Waals surface area contributed by atoms with Gasteiger partial charge in [-0.15, -0.1) is 0 Å². The lowest BCUT2D eigenvalue weighted by molar-refractivity contribution is -0.125. The number of aromatic nitrogens is 2. The van der Waals surface area contributed by atoms with Crippen molar-refractivity contribution < 1.29 is 4.79 Å². The molecule has 178 valence electrons. The smallest absolute Gasteiger partial charge is 0.294 e. The molecule has 1 aliphatic heterocycles. The summed E-state index contributed by atoms with van der Waals surface area (Å²) in [5, 5.41) is 3.66. The Kier molecular flexibility index (Phi) is 6.82. The average molecular weight is 487 g/mol. The van der Waals surface area contributed by atoms with Crippen LogP contribution >= 0.6 is 11.6 Å². The molecular formula is C28H27ClN4O2. The van der Waals surface area contributed by atoms with Crippen LogP contribution in [0.25, 0.3) is 11.0 Å². The molecular weight excluding hydrogens is 460 g/mol. The number of hydrogen-bond acceptors (Lipinski definition) is 4. The average Bonchev–Trinajstić information content (AvgIpc) is 2.90. The highest BCUT2D eigenvalue weighted by Gasteiger charge is 2.27. The van der Waals surface area contributed by atoms with Crippen LogP contribution in [-0.4, -0.2) is 28.5 Å².